The Balaban J connectivity index is 3.76. The average molecular weight is 238 g/mol. The predicted molar refractivity (Wildman–Crippen MR) is 57.5 cm³/mol. The van der Waals surface area contributed by atoms with Crippen LogP contribution in [-0.4, -0.2) is 37.2 Å². The minimum absolute atomic E-state index is 0.0366. The van der Waals surface area contributed by atoms with Crippen LogP contribution in [0.25, 0.3) is 0 Å². The second kappa shape index (κ2) is 6.01. The molecule has 15 heavy (non-hydrogen) atoms. The first-order valence-electron chi connectivity index (χ1n) is 4.70. The monoisotopic (exact) mass is 238 g/mol. The van der Waals surface area contributed by atoms with Gasteiger partial charge in [0.15, 0.2) is 12.3 Å². The predicted octanol–water partition coefficient (Wildman–Crippen LogP) is 2.31. The molecular weight excluding hydrogens is 220 g/mol. The van der Waals surface area contributed by atoms with E-state index in [1.807, 2.05) is 0 Å². The van der Waals surface area contributed by atoms with Crippen LogP contribution < -0.4 is 5.32 Å². The average Bonchev–Trinajstić information content (AvgIpc) is 1.96. The van der Waals surface area contributed by atoms with Gasteiger partial charge in [-0.2, -0.15) is 0 Å². The van der Waals surface area contributed by atoms with E-state index in [0.717, 1.165) is 0 Å². The molecule has 0 aliphatic rings. The largest absolute Gasteiger partial charge is 0.444 e. The molecule has 2 atom stereocenters. The number of carbonyl (C=O) groups excluding carboxylic acids is 1. The smallest absolute Gasteiger partial charge is 0.407 e. The highest BCUT2D eigenvalue weighted by atomic mass is 31.1. The molecule has 0 aliphatic heterocycles. The quantitative estimate of drug-likeness (QED) is 0.764. The van der Waals surface area contributed by atoms with Crippen molar-refractivity contribution in [3.8, 4) is 0 Å². The first kappa shape index (κ1) is 14.3. The first-order valence-corrected chi connectivity index (χ1v) is 6.59. The summed E-state index contributed by atoms with van der Waals surface area (Å²) in [6, 6.07) is 0. The van der Waals surface area contributed by atoms with Gasteiger partial charge < -0.3 is 10.1 Å². The summed E-state index contributed by atoms with van der Waals surface area (Å²) in [5.41, 5.74) is -0.591. The van der Waals surface area contributed by atoms with E-state index in [0.29, 0.717) is 0 Å². The highest BCUT2D eigenvalue weighted by molar-refractivity contribution is 7.43. The molecule has 0 aromatic carbocycles. The fourth-order valence-corrected chi connectivity index (χ4v) is 1.54. The zero-order valence-corrected chi connectivity index (χ0v) is 10.4. The van der Waals surface area contributed by atoms with Crippen molar-refractivity contribution in [2.45, 2.75) is 32.5 Å². The van der Waals surface area contributed by atoms with Crippen molar-refractivity contribution in [2.24, 2.45) is 0 Å². The highest BCUT2D eigenvalue weighted by Crippen LogP contribution is 2.16. The van der Waals surface area contributed by atoms with Crippen molar-refractivity contribution in [1.29, 1.82) is 0 Å². The number of rotatable bonds is 4. The van der Waals surface area contributed by atoms with Crippen LogP contribution in [0.2, 0.25) is 0 Å². The Morgan fingerprint density at radius 2 is 2.07 bits per heavy atom. The van der Waals surface area contributed by atoms with Crippen LogP contribution in [0.15, 0.2) is 0 Å². The topological polar surface area (TPSA) is 55.4 Å². The van der Waals surface area contributed by atoms with Crippen molar-refractivity contribution in [3.63, 3.8) is 0 Å². The second-order valence-corrected chi connectivity index (χ2v) is 5.91. The molecule has 88 valence electrons. The lowest BCUT2D eigenvalue weighted by Gasteiger charge is -2.19. The number of alkyl halides is 1. The molecule has 1 N–H and O–H groups in total. The molecular formula is C9H18FNO3P+. The molecule has 1 amide bonds. The van der Waals surface area contributed by atoms with Gasteiger partial charge in [0.2, 0.25) is 0 Å². The Bertz CT molecular complexity index is 240. The van der Waals surface area contributed by atoms with E-state index in [-0.39, 0.29) is 12.7 Å². The Morgan fingerprint density at radius 1 is 1.53 bits per heavy atom. The summed E-state index contributed by atoms with van der Waals surface area (Å²) < 4.78 is 28.6. The maximum atomic E-state index is 13.0. The molecule has 0 saturated carbocycles. The minimum atomic E-state index is -1.51. The molecule has 0 rings (SSSR count). The number of halogens is 1. The molecule has 0 spiro atoms. The number of nitrogens with one attached hydrogen (secondary N) is 1. The summed E-state index contributed by atoms with van der Waals surface area (Å²) in [7, 11) is -1.51. The van der Waals surface area contributed by atoms with Gasteiger partial charge in [-0.25, -0.2) is 9.18 Å². The third kappa shape index (κ3) is 9.60. The van der Waals surface area contributed by atoms with E-state index in [4.69, 9.17) is 4.74 Å². The Hall–Kier alpha value is -0.700. The van der Waals surface area contributed by atoms with Gasteiger partial charge in [-0.15, -0.1) is 0 Å². The van der Waals surface area contributed by atoms with Crippen LogP contribution in [0.4, 0.5) is 9.18 Å². The maximum Gasteiger partial charge on any atom is 0.407 e. The molecule has 0 bridgehead atoms. The molecule has 0 radical (unpaired) electrons. The van der Waals surface area contributed by atoms with Gasteiger partial charge in [0.05, 0.1) is 6.54 Å². The molecule has 1 unspecified atom stereocenters. The van der Waals surface area contributed by atoms with E-state index in [9.17, 15) is 13.8 Å². The zero-order chi connectivity index (χ0) is 12.1. The molecule has 4 nitrogen and oxygen atoms in total. The van der Waals surface area contributed by atoms with E-state index >= 15 is 0 Å². The lowest BCUT2D eigenvalue weighted by Crippen LogP contribution is -2.36. The normalized spacial score (nSPS) is 14.3. The standard InChI is InChI=1S/C9H17FNO3P/c1-9(2,3)14-8(12)11-5-7(10)6-15(4)13/h7H,5-6H2,1-4H3/p+1/t7-/m1/s1. The van der Waals surface area contributed by atoms with Gasteiger partial charge in [0.1, 0.15) is 12.3 Å². The third-order valence-corrected chi connectivity index (χ3v) is 2.23. The van der Waals surface area contributed by atoms with Gasteiger partial charge in [0, 0.05) is 0 Å². The van der Waals surface area contributed by atoms with Crippen molar-refractivity contribution in [1.82, 2.24) is 5.32 Å². The van der Waals surface area contributed by atoms with Gasteiger partial charge >= 0.3 is 13.9 Å². The summed E-state index contributed by atoms with van der Waals surface area (Å²) in [6.45, 7) is 6.46. The van der Waals surface area contributed by atoms with Gasteiger partial charge in [-0.05, 0) is 20.8 Å². The Kier molecular flexibility index (Phi) is 5.73. The van der Waals surface area contributed by atoms with Gasteiger partial charge in [0.25, 0.3) is 0 Å². The zero-order valence-electron chi connectivity index (χ0n) is 9.54. The molecule has 0 aliphatic carbocycles. The van der Waals surface area contributed by atoms with E-state index < -0.39 is 25.7 Å². The summed E-state index contributed by atoms with van der Waals surface area (Å²) >= 11 is 0. The van der Waals surface area contributed by atoms with E-state index in [1.54, 1.807) is 20.8 Å². The summed E-state index contributed by atoms with van der Waals surface area (Å²) in [5, 5.41) is 2.28. The lowest BCUT2D eigenvalue weighted by molar-refractivity contribution is 0.0516. The highest BCUT2D eigenvalue weighted by Gasteiger charge is 2.20. The molecule has 0 aromatic heterocycles. The lowest BCUT2D eigenvalue weighted by atomic mass is 10.2. The van der Waals surface area contributed by atoms with Gasteiger partial charge in [-0.1, -0.05) is 4.57 Å². The Morgan fingerprint density at radius 3 is 2.47 bits per heavy atom. The fraction of sp³-hybridized carbons (Fsp3) is 0.889. The van der Waals surface area contributed by atoms with Crippen LogP contribution >= 0.6 is 7.80 Å². The molecule has 0 fully saturated rings. The summed E-state index contributed by atoms with van der Waals surface area (Å²) in [4.78, 5) is 11.1. The van der Waals surface area contributed by atoms with Crippen LogP contribution in [0.3, 0.4) is 0 Å². The van der Waals surface area contributed by atoms with Crippen LogP contribution in [0.1, 0.15) is 20.8 Å². The second-order valence-electron chi connectivity index (χ2n) is 4.29. The van der Waals surface area contributed by atoms with E-state index in [1.165, 1.54) is 6.66 Å². The van der Waals surface area contributed by atoms with E-state index in [2.05, 4.69) is 5.32 Å². The third-order valence-electron chi connectivity index (χ3n) is 1.32. The molecule has 0 saturated heterocycles. The number of carbonyl (C=O) groups is 1. The number of ether oxygens (including phenoxy) is 1. The SMILES string of the molecule is C[P+](=O)C[C@H](F)CNC(=O)OC(C)(C)C. The molecule has 6 heteroatoms. The van der Waals surface area contributed by atoms with Crippen molar-refractivity contribution >= 4 is 13.9 Å². The first-order chi connectivity index (χ1) is 6.70. The van der Waals surface area contributed by atoms with Crippen molar-refractivity contribution in [3.05, 3.63) is 0 Å². The number of hydrogen-bond acceptors (Lipinski definition) is 3. The van der Waals surface area contributed by atoms with Gasteiger partial charge in [-0.3, -0.25) is 0 Å². The van der Waals surface area contributed by atoms with Crippen LogP contribution in [0, 0.1) is 0 Å². The summed E-state index contributed by atoms with van der Waals surface area (Å²) in [5.74, 6) is 0. The maximum absolute atomic E-state index is 13.0. The van der Waals surface area contributed by atoms with Crippen molar-refractivity contribution < 1.29 is 18.5 Å². The van der Waals surface area contributed by atoms with Crippen molar-refractivity contribution in [2.75, 3.05) is 19.4 Å². The van der Waals surface area contributed by atoms with Crippen LogP contribution in [0.5, 0.6) is 0 Å². The Labute approximate surface area is 90.4 Å². The molecule has 0 heterocycles. The molecule has 0 aromatic rings. The fourth-order valence-electron chi connectivity index (χ4n) is 0.852. The summed E-state index contributed by atoms with van der Waals surface area (Å²) in [6.07, 6.45) is -1.98. The number of hydrogen-bond donors (Lipinski definition) is 1. The number of alkyl carbamates (subject to hydrolysis) is 1. The van der Waals surface area contributed by atoms with Crippen LogP contribution in [-0.2, 0) is 9.30 Å². The number of amides is 1. The minimum Gasteiger partial charge on any atom is -0.444 e.